The van der Waals surface area contributed by atoms with Gasteiger partial charge in [0.2, 0.25) is 0 Å². The number of nitrogens with one attached hydrogen (secondary N) is 1. The number of thioether (sulfide) groups is 1. The molecule has 0 aliphatic carbocycles. The molecule has 1 aromatic carbocycles. The molecule has 84 valence electrons. The van der Waals surface area contributed by atoms with Crippen molar-refractivity contribution in [3.63, 3.8) is 0 Å². The van der Waals surface area contributed by atoms with Crippen LogP contribution in [0.4, 0.5) is 4.39 Å². The highest BCUT2D eigenvalue weighted by Crippen LogP contribution is 2.12. The van der Waals surface area contributed by atoms with Crippen LogP contribution in [0.15, 0.2) is 23.0 Å². The van der Waals surface area contributed by atoms with E-state index in [-0.39, 0.29) is 11.4 Å². The van der Waals surface area contributed by atoms with E-state index in [0.29, 0.717) is 22.5 Å². The Morgan fingerprint density at radius 1 is 1.50 bits per heavy atom. The first-order valence-electron chi connectivity index (χ1n) is 4.97. The molecule has 2 rings (SSSR count). The van der Waals surface area contributed by atoms with Crippen molar-refractivity contribution in [2.45, 2.75) is 12.7 Å². The molecule has 2 aromatic rings. The van der Waals surface area contributed by atoms with Crippen molar-refractivity contribution in [2.75, 3.05) is 5.75 Å². The number of benzene rings is 1. The summed E-state index contributed by atoms with van der Waals surface area (Å²) in [6.45, 7) is 2.03. The molecular weight excluding hydrogens is 227 g/mol. The summed E-state index contributed by atoms with van der Waals surface area (Å²) >= 11 is 1.66. The van der Waals surface area contributed by atoms with Gasteiger partial charge in [0.25, 0.3) is 5.56 Å². The van der Waals surface area contributed by atoms with Crippen molar-refractivity contribution in [2.24, 2.45) is 0 Å². The lowest BCUT2D eigenvalue weighted by molar-refractivity contribution is 0.629. The Labute approximate surface area is 96.1 Å². The number of rotatable bonds is 3. The largest absolute Gasteiger partial charge is 0.309 e. The molecule has 0 aliphatic heterocycles. The summed E-state index contributed by atoms with van der Waals surface area (Å²) < 4.78 is 13.0. The van der Waals surface area contributed by atoms with Crippen LogP contribution in [-0.4, -0.2) is 15.7 Å². The fourth-order valence-electron chi connectivity index (χ4n) is 1.43. The summed E-state index contributed by atoms with van der Waals surface area (Å²) in [6.07, 6.45) is 0. The maximum atomic E-state index is 13.0. The Balaban J connectivity index is 2.52. The molecule has 0 unspecified atom stereocenters. The first-order valence-corrected chi connectivity index (χ1v) is 6.12. The lowest BCUT2D eigenvalue weighted by atomic mass is 10.2. The third kappa shape index (κ3) is 2.24. The van der Waals surface area contributed by atoms with Crippen molar-refractivity contribution in [1.29, 1.82) is 0 Å². The third-order valence-electron chi connectivity index (χ3n) is 2.16. The van der Waals surface area contributed by atoms with E-state index in [9.17, 15) is 9.18 Å². The van der Waals surface area contributed by atoms with E-state index in [1.807, 2.05) is 6.92 Å². The van der Waals surface area contributed by atoms with Gasteiger partial charge in [-0.25, -0.2) is 9.37 Å². The number of aromatic amines is 1. The first-order chi connectivity index (χ1) is 7.70. The Morgan fingerprint density at radius 3 is 3.06 bits per heavy atom. The van der Waals surface area contributed by atoms with Crippen LogP contribution in [0.3, 0.4) is 0 Å². The lowest BCUT2D eigenvalue weighted by Crippen LogP contribution is -2.11. The molecule has 1 aromatic heterocycles. The van der Waals surface area contributed by atoms with Crippen LogP contribution >= 0.6 is 11.8 Å². The number of halogens is 1. The molecule has 0 saturated carbocycles. The average molecular weight is 238 g/mol. The molecule has 1 N–H and O–H groups in total. The van der Waals surface area contributed by atoms with Crippen molar-refractivity contribution in [1.82, 2.24) is 9.97 Å². The molecule has 0 fully saturated rings. The third-order valence-corrected chi connectivity index (χ3v) is 3.05. The van der Waals surface area contributed by atoms with Crippen LogP contribution in [0.1, 0.15) is 12.7 Å². The highest BCUT2D eigenvalue weighted by atomic mass is 32.2. The second-order valence-electron chi connectivity index (χ2n) is 3.31. The highest BCUT2D eigenvalue weighted by molar-refractivity contribution is 7.98. The summed E-state index contributed by atoms with van der Waals surface area (Å²) in [7, 11) is 0. The summed E-state index contributed by atoms with van der Waals surface area (Å²) in [6, 6.07) is 4.00. The zero-order chi connectivity index (χ0) is 11.5. The van der Waals surface area contributed by atoms with Crippen LogP contribution in [0, 0.1) is 5.82 Å². The molecular formula is C11H11FN2OS. The van der Waals surface area contributed by atoms with Crippen LogP contribution in [0.25, 0.3) is 10.9 Å². The lowest BCUT2D eigenvalue weighted by Gasteiger charge is -2.01. The van der Waals surface area contributed by atoms with Crippen LogP contribution in [0.2, 0.25) is 0 Å². The van der Waals surface area contributed by atoms with Gasteiger partial charge in [0.05, 0.1) is 16.7 Å². The van der Waals surface area contributed by atoms with E-state index in [0.717, 1.165) is 5.75 Å². The summed E-state index contributed by atoms with van der Waals surface area (Å²) in [5.74, 6) is 1.80. The quantitative estimate of drug-likeness (QED) is 0.892. The number of fused-ring (bicyclic) bond motifs is 1. The minimum absolute atomic E-state index is 0.211. The SMILES string of the molecule is CCSCc1nc2cc(F)ccc2c(=O)[nH]1. The van der Waals surface area contributed by atoms with Gasteiger partial charge in [-0.15, -0.1) is 0 Å². The Hall–Kier alpha value is -1.36. The number of nitrogens with zero attached hydrogens (tertiary/aromatic N) is 1. The molecule has 16 heavy (non-hydrogen) atoms. The molecule has 0 radical (unpaired) electrons. The van der Waals surface area contributed by atoms with Gasteiger partial charge in [-0.05, 0) is 17.9 Å². The second-order valence-corrected chi connectivity index (χ2v) is 4.59. The standard InChI is InChI=1S/C11H11FN2OS/c1-2-16-6-10-13-9-5-7(12)3-4-8(9)11(15)14-10/h3-5H,2,6H2,1H3,(H,13,14,15). The Kier molecular flexibility index (Phi) is 3.24. The normalized spacial score (nSPS) is 10.9. The summed E-state index contributed by atoms with van der Waals surface area (Å²) in [4.78, 5) is 18.6. The van der Waals surface area contributed by atoms with E-state index in [1.165, 1.54) is 18.2 Å². The Bertz CT molecular complexity index is 567. The molecule has 1 heterocycles. The number of hydrogen-bond donors (Lipinski definition) is 1. The smallest absolute Gasteiger partial charge is 0.258 e. The predicted octanol–water partition coefficient (Wildman–Crippen LogP) is 2.32. The van der Waals surface area contributed by atoms with Crippen LogP contribution in [-0.2, 0) is 5.75 Å². The maximum Gasteiger partial charge on any atom is 0.258 e. The number of aromatic nitrogens is 2. The highest BCUT2D eigenvalue weighted by Gasteiger charge is 2.04. The van der Waals surface area contributed by atoms with E-state index < -0.39 is 0 Å². The predicted molar refractivity (Wildman–Crippen MR) is 64.2 cm³/mol. The van der Waals surface area contributed by atoms with Crippen molar-refractivity contribution in [3.8, 4) is 0 Å². The Morgan fingerprint density at radius 2 is 2.31 bits per heavy atom. The zero-order valence-corrected chi connectivity index (χ0v) is 9.60. The van der Waals surface area contributed by atoms with Gasteiger partial charge in [0, 0.05) is 6.07 Å². The van der Waals surface area contributed by atoms with Crippen molar-refractivity contribution in [3.05, 3.63) is 40.2 Å². The van der Waals surface area contributed by atoms with Gasteiger partial charge in [-0.3, -0.25) is 4.79 Å². The molecule has 0 atom stereocenters. The molecule has 3 nitrogen and oxygen atoms in total. The van der Waals surface area contributed by atoms with Gasteiger partial charge < -0.3 is 4.98 Å². The molecule has 5 heteroatoms. The minimum atomic E-state index is -0.375. The molecule has 0 aliphatic rings. The van der Waals surface area contributed by atoms with Gasteiger partial charge in [0.15, 0.2) is 0 Å². The number of hydrogen-bond acceptors (Lipinski definition) is 3. The van der Waals surface area contributed by atoms with Crippen LogP contribution < -0.4 is 5.56 Å². The van der Waals surface area contributed by atoms with E-state index >= 15 is 0 Å². The average Bonchev–Trinajstić information content (AvgIpc) is 2.25. The molecule has 0 saturated heterocycles. The monoisotopic (exact) mass is 238 g/mol. The minimum Gasteiger partial charge on any atom is -0.309 e. The molecule has 0 bridgehead atoms. The van der Waals surface area contributed by atoms with E-state index in [2.05, 4.69) is 9.97 Å². The first kappa shape index (κ1) is 11.1. The van der Waals surface area contributed by atoms with E-state index in [4.69, 9.17) is 0 Å². The van der Waals surface area contributed by atoms with Gasteiger partial charge in [0.1, 0.15) is 11.6 Å². The topological polar surface area (TPSA) is 45.8 Å². The fraction of sp³-hybridized carbons (Fsp3) is 0.273. The summed E-state index contributed by atoms with van der Waals surface area (Å²) in [5, 5.41) is 0.423. The second kappa shape index (κ2) is 4.65. The molecule has 0 spiro atoms. The van der Waals surface area contributed by atoms with Gasteiger partial charge in [-0.1, -0.05) is 6.92 Å². The maximum absolute atomic E-state index is 13.0. The van der Waals surface area contributed by atoms with Crippen molar-refractivity contribution < 1.29 is 4.39 Å². The van der Waals surface area contributed by atoms with Gasteiger partial charge >= 0.3 is 0 Å². The van der Waals surface area contributed by atoms with Gasteiger partial charge in [-0.2, -0.15) is 11.8 Å². The van der Waals surface area contributed by atoms with Crippen molar-refractivity contribution >= 4 is 22.7 Å². The van der Waals surface area contributed by atoms with E-state index in [1.54, 1.807) is 11.8 Å². The number of H-pyrrole nitrogens is 1. The zero-order valence-electron chi connectivity index (χ0n) is 8.79. The van der Waals surface area contributed by atoms with Crippen LogP contribution in [0.5, 0.6) is 0 Å². The molecule has 0 amide bonds. The fourth-order valence-corrected chi connectivity index (χ4v) is 1.96. The summed E-state index contributed by atoms with van der Waals surface area (Å²) in [5.41, 5.74) is 0.201.